The van der Waals surface area contributed by atoms with E-state index in [9.17, 15) is 5.11 Å². The number of nitrogens with zero attached hydrogens (tertiary/aromatic N) is 2. The molecule has 0 aromatic rings. The number of piperidine rings is 1. The molecule has 2 aliphatic rings. The molecule has 3 nitrogen and oxygen atoms in total. The monoisotopic (exact) mass is 240 g/mol. The lowest BCUT2D eigenvalue weighted by Gasteiger charge is -2.34. The molecule has 1 N–H and O–H groups in total. The molecule has 2 atom stereocenters. The molecule has 3 heteroatoms. The fourth-order valence-electron chi connectivity index (χ4n) is 3.33. The fraction of sp³-hybridized carbons (Fsp3) is 1.00. The number of rotatable bonds is 4. The third kappa shape index (κ3) is 3.67. The molecule has 17 heavy (non-hydrogen) atoms. The zero-order chi connectivity index (χ0) is 12.3. The maximum atomic E-state index is 9.58. The van der Waals surface area contributed by atoms with E-state index in [1.54, 1.807) is 0 Å². The standard InChI is InChI=1S/C14H28N2O/c1-12(17)13-5-9-16(10-6-13)11-7-14-4-3-8-15(14)2/h12-14,17H,3-11H2,1-2H3. The maximum absolute atomic E-state index is 9.58. The van der Waals surface area contributed by atoms with Crippen LogP contribution in [0.25, 0.3) is 0 Å². The van der Waals surface area contributed by atoms with Crippen LogP contribution in [0.2, 0.25) is 0 Å². The molecule has 0 aromatic heterocycles. The van der Waals surface area contributed by atoms with Crippen LogP contribution in [-0.4, -0.2) is 60.3 Å². The molecule has 100 valence electrons. The van der Waals surface area contributed by atoms with E-state index in [2.05, 4.69) is 16.8 Å². The average molecular weight is 240 g/mol. The third-order valence-corrected chi connectivity index (χ3v) is 4.76. The molecule has 2 aliphatic heterocycles. The molecular formula is C14H28N2O. The third-order valence-electron chi connectivity index (χ3n) is 4.76. The molecular weight excluding hydrogens is 212 g/mol. The number of hydrogen-bond donors (Lipinski definition) is 1. The predicted octanol–water partition coefficient (Wildman–Crippen LogP) is 1.56. The van der Waals surface area contributed by atoms with Gasteiger partial charge in [-0.05, 0) is 78.2 Å². The largest absolute Gasteiger partial charge is 0.393 e. The first kappa shape index (κ1) is 13.3. The molecule has 2 heterocycles. The van der Waals surface area contributed by atoms with Gasteiger partial charge in [-0.3, -0.25) is 0 Å². The lowest BCUT2D eigenvalue weighted by atomic mass is 9.92. The first-order valence-corrected chi connectivity index (χ1v) is 7.27. The predicted molar refractivity (Wildman–Crippen MR) is 71.1 cm³/mol. The van der Waals surface area contributed by atoms with Gasteiger partial charge in [0.25, 0.3) is 0 Å². The lowest BCUT2D eigenvalue weighted by molar-refractivity contribution is 0.0693. The van der Waals surface area contributed by atoms with Crippen LogP contribution in [-0.2, 0) is 0 Å². The summed E-state index contributed by atoms with van der Waals surface area (Å²) in [7, 11) is 2.26. The van der Waals surface area contributed by atoms with E-state index in [1.165, 1.54) is 58.3 Å². The topological polar surface area (TPSA) is 26.7 Å². The van der Waals surface area contributed by atoms with Gasteiger partial charge in [-0.1, -0.05) is 0 Å². The Hall–Kier alpha value is -0.120. The summed E-state index contributed by atoms with van der Waals surface area (Å²) < 4.78 is 0. The van der Waals surface area contributed by atoms with Crippen LogP contribution in [0, 0.1) is 5.92 Å². The van der Waals surface area contributed by atoms with Crippen molar-refractivity contribution in [1.29, 1.82) is 0 Å². The summed E-state index contributed by atoms with van der Waals surface area (Å²) in [5.74, 6) is 0.542. The van der Waals surface area contributed by atoms with E-state index in [1.807, 2.05) is 6.92 Å². The number of aliphatic hydroxyl groups excluding tert-OH is 1. The Kier molecular flexibility index (Phi) is 4.83. The van der Waals surface area contributed by atoms with Gasteiger partial charge < -0.3 is 14.9 Å². The van der Waals surface area contributed by atoms with Crippen molar-refractivity contribution in [1.82, 2.24) is 9.80 Å². The molecule has 2 fully saturated rings. The maximum Gasteiger partial charge on any atom is 0.0541 e. The second kappa shape index (κ2) is 6.17. The van der Waals surface area contributed by atoms with E-state index >= 15 is 0 Å². The molecule has 0 bridgehead atoms. The number of hydrogen-bond acceptors (Lipinski definition) is 3. The fourth-order valence-corrected chi connectivity index (χ4v) is 3.33. The van der Waals surface area contributed by atoms with Crippen LogP contribution >= 0.6 is 0 Å². The van der Waals surface area contributed by atoms with Gasteiger partial charge in [0.15, 0.2) is 0 Å². The zero-order valence-corrected chi connectivity index (χ0v) is 11.4. The van der Waals surface area contributed by atoms with Crippen molar-refractivity contribution in [2.24, 2.45) is 5.92 Å². The summed E-state index contributed by atoms with van der Waals surface area (Å²) in [5, 5.41) is 9.58. The lowest BCUT2D eigenvalue weighted by Crippen LogP contribution is -2.39. The minimum atomic E-state index is -0.113. The van der Waals surface area contributed by atoms with E-state index in [0.717, 1.165) is 6.04 Å². The SMILES string of the molecule is CC(O)C1CCN(CCC2CCCN2C)CC1. The Balaban J connectivity index is 1.64. The highest BCUT2D eigenvalue weighted by Crippen LogP contribution is 2.22. The molecule has 2 rings (SSSR count). The number of aliphatic hydroxyl groups is 1. The molecule has 0 radical (unpaired) electrons. The average Bonchev–Trinajstić information content (AvgIpc) is 2.73. The molecule has 2 saturated heterocycles. The van der Waals surface area contributed by atoms with Gasteiger partial charge in [-0.15, -0.1) is 0 Å². The van der Waals surface area contributed by atoms with Crippen LogP contribution in [0.15, 0.2) is 0 Å². The van der Waals surface area contributed by atoms with Crippen molar-refractivity contribution in [3.8, 4) is 0 Å². The quantitative estimate of drug-likeness (QED) is 0.808. The molecule has 0 aliphatic carbocycles. The van der Waals surface area contributed by atoms with E-state index < -0.39 is 0 Å². The van der Waals surface area contributed by atoms with Crippen LogP contribution in [0.3, 0.4) is 0 Å². The van der Waals surface area contributed by atoms with Crippen LogP contribution in [0.5, 0.6) is 0 Å². The summed E-state index contributed by atoms with van der Waals surface area (Å²) >= 11 is 0. The van der Waals surface area contributed by atoms with Crippen molar-refractivity contribution in [3.05, 3.63) is 0 Å². The molecule has 0 aromatic carbocycles. The van der Waals surface area contributed by atoms with Gasteiger partial charge in [-0.25, -0.2) is 0 Å². The van der Waals surface area contributed by atoms with Gasteiger partial charge in [0.2, 0.25) is 0 Å². The highest BCUT2D eigenvalue weighted by atomic mass is 16.3. The Morgan fingerprint density at radius 2 is 1.88 bits per heavy atom. The molecule has 0 saturated carbocycles. The van der Waals surface area contributed by atoms with Gasteiger partial charge >= 0.3 is 0 Å². The van der Waals surface area contributed by atoms with E-state index in [0.29, 0.717) is 5.92 Å². The summed E-state index contributed by atoms with van der Waals surface area (Å²) in [5.41, 5.74) is 0. The van der Waals surface area contributed by atoms with E-state index in [4.69, 9.17) is 0 Å². The summed E-state index contributed by atoms with van der Waals surface area (Å²) in [4.78, 5) is 5.10. The second-order valence-electron chi connectivity index (χ2n) is 5.99. The van der Waals surface area contributed by atoms with Gasteiger partial charge in [-0.2, -0.15) is 0 Å². The summed E-state index contributed by atoms with van der Waals surface area (Å²) in [6.45, 7) is 6.85. The second-order valence-corrected chi connectivity index (χ2v) is 5.99. The normalized spacial score (nSPS) is 30.9. The zero-order valence-electron chi connectivity index (χ0n) is 11.4. The molecule has 0 amide bonds. The minimum Gasteiger partial charge on any atom is -0.393 e. The Morgan fingerprint density at radius 1 is 1.18 bits per heavy atom. The smallest absolute Gasteiger partial charge is 0.0541 e. The van der Waals surface area contributed by atoms with E-state index in [-0.39, 0.29) is 6.10 Å². The van der Waals surface area contributed by atoms with Gasteiger partial charge in [0, 0.05) is 6.04 Å². The van der Waals surface area contributed by atoms with Crippen molar-refractivity contribution in [2.75, 3.05) is 33.2 Å². The highest BCUT2D eigenvalue weighted by Gasteiger charge is 2.25. The van der Waals surface area contributed by atoms with Crippen LogP contribution in [0.4, 0.5) is 0 Å². The number of likely N-dealkylation sites (tertiary alicyclic amines) is 2. The van der Waals surface area contributed by atoms with Crippen molar-refractivity contribution in [3.63, 3.8) is 0 Å². The summed E-state index contributed by atoms with van der Waals surface area (Å²) in [6, 6.07) is 0.824. The van der Waals surface area contributed by atoms with Crippen LogP contribution < -0.4 is 0 Å². The summed E-state index contributed by atoms with van der Waals surface area (Å²) in [6.07, 6.45) is 6.34. The highest BCUT2D eigenvalue weighted by molar-refractivity contribution is 4.80. The van der Waals surface area contributed by atoms with Gasteiger partial charge in [0.1, 0.15) is 0 Å². The Labute approximate surface area is 106 Å². The minimum absolute atomic E-state index is 0.113. The Bertz CT molecular complexity index is 224. The molecule has 0 spiro atoms. The van der Waals surface area contributed by atoms with Crippen molar-refractivity contribution >= 4 is 0 Å². The first-order valence-electron chi connectivity index (χ1n) is 7.27. The first-order chi connectivity index (χ1) is 8.16. The van der Waals surface area contributed by atoms with Crippen molar-refractivity contribution in [2.45, 2.75) is 51.2 Å². The van der Waals surface area contributed by atoms with Gasteiger partial charge in [0.05, 0.1) is 6.10 Å². The molecule has 2 unspecified atom stereocenters. The Morgan fingerprint density at radius 3 is 2.41 bits per heavy atom. The van der Waals surface area contributed by atoms with Crippen LogP contribution in [0.1, 0.15) is 39.0 Å². The van der Waals surface area contributed by atoms with Crippen molar-refractivity contribution < 1.29 is 5.11 Å².